The van der Waals surface area contributed by atoms with Gasteiger partial charge in [-0.2, -0.15) is 0 Å². The molecule has 0 heterocycles. The summed E-state index contributed by atoms with van der Waals surface area (Å²) in [5, 5.41) is 8.96. The van der Waals surface area contributed by atoms with Crippen LogP contribution in [0, 0.1) is 5.92 Å². The van der Waals surface area contributed by atoms with Gasteiger partial charge in [0.1, 0.15) is 5.75 Å². The summed E-state index contributed by atoms with van der Waals surface area (Å²) < 4.78 is 30.3. The van der Waals surface area contributed by atoms with Gasteiger partial charge in [0.05, 0.1) is 24.5 Å². The molecule has 112 valence electrons. The molecule has 7 heteroatoms. The minimum atomic E-state index is -3.60. The highest BCUT2D eigenvalue weighted by Crippen LogP contribution is 2.30. The Morgan fingerprint density at radius 1 is 1.40 bits per heavy atom. The summed E-state index contributed by atoms with van der Waals surface area (Å²) in [6.07, 6.45) is 1.05. The van der Waals surface area contributed by atoms with E-state index in [1.54, 1.807) is 31.2 Å². The van der Waals surface area contributed by atoms with Crippen molar-refractivity contribution >= 4 is 21.7 Å². The summed E-state index contributed by atoms with van der Waals surface area (Å²) in [6.45, 7) is 3.51. The first-order chi connectivity index (χ1) is 9.27. The van der Waals surface area contributed by atoms with Crippen molar-refractivity contribution in [3.05, 3.63) is 24.3 Å². The number of hydrogen-bond acceptors (Lipinski definition) is 4. The van der Waals surface area contributed by atoms with Gasteiger partial charge >= 0.3 is 5.97 Å². The number of anilines is 1. The Bertz CT molecular complexity index is 570. The highest BCUT2D eigenvalue weighted by atomic mass is 32.2. The van der Waals surface area contributed by atoms with Crippen LogP contribution in [0.2, 0.25) is 0 Å². The summed E-state index contributed by atoms with van der Waals surface area (Å²) in [7, 11) is -3.60. The number of ether oxygens (including phenoxy) is 1. The summed E-state index contributed by atoms with van der Waals surface area (Å²) in [6, 6.07) is 6.67. The van der Waals surface area contributed by atoms with Gasteiger partial charge in [0.15, 0.2) is 0 Å². The molecular formula is C13H19NO5S. The van der Waals surface area contributed by atoms with Crippen molar-refractivity contribution in [1.29, 1.82) is 0 Å². The normalized spacial score (nSPS) is 12.8. The lowest BCUT2D eigenvalue weighted by atomic mass is 10.2. The smallest absolute Gasteiger partial charge is 0.308 e. The molecule has 6 nitrogen and oxygen atoms in total. The molecule has 1 unspecified atom stereocenters. The first-order valence-corrected chi connectivity index (χ1v) is 8.04. The lowest BCUT2D eigenvalue weighted by Gasteiger charge is -2.26. The third-order valence-corrected chi connectivity index (χ3v) is 3.84. The van der Waals surface area contributed by atoms with Crippen LogP contribution in [-0.4, -0.2) is 38.9 Å². The molecule has 0 aliphatic rings. The summed E-state index contributed by atoms with van der Waals surface area (Å²) in [5.41, 5.74) is 0.352. The molecule has 1 N–H and O–H groups in total. The number of carboxylic acids is 1. The van der Waals surface area contributed by atoms with E-state index in [1.165, 1.54) is 6.92 Å². The average molecular weight is 301 g/mol. The minimum absolute atomic E-state index is 0.141. The zero-order valence-electron chi connectivity index (χ0n) is 11.7. The van der Waals surface area contributed by atoms with Crippen molar-refractivity contribution < 1.29 is 23.1 Å². The lowest BCUT2D eigenvalue weighted by molar-refractivity contribution is -0.140. The van der Waals surface area contributed by atoms with Gasteiger partial charge in [-0.15, -0.1) is 0 Å². The fraction of sp³-hybridized carbons (Fsp3) is 0.462. The number of benzene rings is 1. The summed E-state index contributed by atoms with van der Waals surface area (Å²) >= 11 is 0. The van der Waals surface area contributed by atoms with E-state index in [-0.39, 0.29) is 6.54 Å². The molecular weight excluding hydrogens is 282 g/mol. The van der Waals surface area contributed by atoms with Gasteiger partial charge in [-0.25, -0.2) is 8.42 Å². The van der Waals surface area contributed by atoms with E-state index in [0.29, 0.717) is 18.0 Å². The van der Waals surface area contributed by atoms with Crippen LogP contribution in [-0.2, 0) is 14.8 Å². The van der Waals surface area contributed by atoms with Gasteiger partial charge in [0.25, 0.3) is 0 Å². The first-order valence-electron chi connectivity index (χ1n) is 6.19. The number of rotatable bonds is 7. The van der Waals surface area contributed by atoms with Crippen LogP contribution in [0.4, 0.5) is 5.69 Å². The standard InChI is InChI=1S/C13H19NO5S/c1-4-19-12-8-6-5-7-11(12)14(20(3,17)18)9-10(2)13(15)16/h5-8,10H,4,9H2,1-3H3,(H,15,16). The van der Waals surface area contributed by atoms with Crippen LogP contribution in [0.25, 0.3) is 0 Å². The Morgan fingerprint density at radius 3 is 2.50 bits per heavy atom. The highest BCUT2D eigenvalue weighted by molar-refractivity contribution is 7.92. The maximum atomic E-state index is 11.9. The van der Waals surface area contributed by atoms with E-state index in [4.69, 9.17) is 9.84 Å². The maximum absolute atomic E-state index is 11.9. The monoisotopic (exact) mass is 301 g/mol. The molecule has 0 aromatic heterocycles. The number of nitrogens with zero attached hydrogens (tertiary/aromatic N) is 1. The first kappa shape index (κ1) is 16.3. The fourth-order valence-electron chi connectivity index (χ4n) is 1.68. The highest BCUT2D eigenvalue weighted by Gasteiger charge is 2.25. The molecule has 0 aliphatic heterocycles. The van der Waals surface area contributed by atoms with Gasteiger partial charge in [-0.05, 0) is 19.1 Å². The number of sulfonamides is 1. The Kier molecular flexibility index (Phi) is 5.38. The van der Waals surface area contributed by atoms with Crippen molar-refractivity contribution in [2.75, 3.05) is 23.7 Å². The molecule has 1 aromatic carbocycles. The second-order valence-corrected chi connectivity index (χ2v) is 6.34. The predicted molar refractivity (Wildman–Crippen MR) is 76.6 cm³/mol. The molecule has 0 bridgehead atoms. The molecule has 0 saturated carbocycles. The molecule has 0 fully saturated rings. The Morgan fingerprint density at radius 2 is 2.00 bits per heavy atom. The largest absolute Gasteiger partial charge is 0.492 e. The Balaban J connectivity index is 3.22. The molecule has 0 saturated heterocycles. The van der Waals surface area contributed by atoms with E-state index in [0.717, 1.165) is 10.6 Å². The maximum Gasteiger partial charge on any atom is 0.308 e. The third-order valence-electron chi connectivity index (χ3n) is 2.70. The van der Waals surface area contributed by atoms with Crippen molar-refractivity contribution in [2.24, 2.45) is 5.92 Å². The number of carboxylic acid groups (broad SMARTS) is 1. The summed E-state index contributed by atoms with van der Waals surface area (Å²) in [5.74, 6) is -1.45. The molecule has 0 aliphatic carbocycles. The van der Waals surface area contributed by atoms with E-state index in [9.17, 15) is 13.2 Å². The van der Waals surface area contributed by atoms with Crippen molar-refractivity contribution in [1.82, 2.24) is 0 Å². The molecule has 0 spiro atoms. The Hall–Kier alpha value is -1.76. The average Bonchev–Trinajstić information content (AvgIpc) is 2.35. The molecule has 1 rings (SSSR count). The number of aliphatic carboxylic acids is 1. The lowest BCUT2D eigenvalue weighted by Crippen LogP contribution is -2.36. The zero-order chi connectivity index (χ0) is 15.3. The second kappa shape index (κ2) is 6.60. The molecule has 20 heavy (non-hydrogen) atoms. The number of para-hydroxylation sites is 2. The van der Waals surface area contributed by atoms with E-state index >= 15 is 0 Å². The predicted octanol–water partition coefficient (Wildman–Crippen LogP) is 1.57. The van der Waals surface area contributed by atoms with Crippen molar-refractivity contribution in [2.45, 2.75) is 13.8 Å². The van der Waals surface area contributed by atoms with E-state index in [2.05, 4.69) is 0 Å². The third kappa shape index (κ3) is 4.12. The van der Waals surface area contributed by atoms with Crippen LogP contribution in [0.15, 0.2) is 24.3 Å². The quantitative estimate of drug-likeness (QED) is 0.826. The summed E-state index contributed by atoms with van der Waals surface area (Å²) in [4.78, 5) is 11.0. The van der Waals surface area contributed by atoms with Gasteiger partial charge in [-0.3, -0.25) is 9.10 Å². The molecule has 0 radical (unpaired) electrons. The Labute approximate surface area is 119 Å². The topological polar surface area (TPSA) is 83.9 Å². The zero-order valence-corrected chi connectivity index (χ0v) is 12.6. The van der Waals surface area contributed by atoms with E-state index in [1.807, 2.05) is 0 Å². The van der Waals surface area contributed by atoms with Gasteiger partial charge in [0.2, 0.25) is 10.0 Å². The van der Waals surface area contributed by atoms with Gasteiger partial charge < -0.3 is 9.84 Å². The molecule has 1 aromatic rings. The second-order valence-electron chi connectivity index (χ2n) is 4.43. The van der Waals surface area contributed by atoms with Gasteiger partial charge in [-0.1, -0.05) is 19.1 Å². The van der Waals surface area contributed by atoms with E-state index < -0.39 is 21.9 Å². The minimum Gasteiger partial charge on any atom is -0.492 e. The fourth-order valence-corrected chi connectivity index (χ4v) is 2.68. The molecule has 0 amide bonds. The van der Waals surface area contributed by atoms with Crippen LogP contribution >= 0.6 is 0 Å². The number of hydrogen-bond donors (Lipinski definition) is 1. The van der Waals surface area contributed by atoms with Crippen LogP contribution < -0.4 is 9.04 Å². The van der Waals surface area contributed by atoms with Crippen molar-refractivity contribution in [3.63, 3.8) is 0 Å². The van der Waals surface area contributed by atoms with Gasteiger partial charge in [0, 0.05) is 6.54 Å². The molecule has 1 atom stereocenters. The SMILES string of the molecule is CCOc1ccccc1N(CC(C)C(=O)O)S(C)(=O)=O. The van der Waals surface area contributed by atoms with Crippen molar-refractivity contribution in [3.8, 4) is 5.75 Å². The van der Waals surface area contributed by atoms with Crippen LogP contribution in [0.5, 0.6) is 5.75 Å². The van der Waals surface area contributed by atoms with Crippen LogP contribution in [0.3, 0.4) is 0 Å². The number of carbonyl (C=O) groups is 1. The van der Waals surface area contributed by atoms with Crippen LogP contribution in [0.1, 0.15) is 13.8 Å².